The summed E-state index contributed by atoms with van der Waals surface area (Å²) in [4.78, 5) is 15.4. The number of pyridine rings is 1. The number of aliphatic carboxylic acids is 1. The minimum absolute atomic E-state index is 0.0926. The van der Waals surface area contributed by atoms with Gasteiger partial charge in [-0.1, -0.05) is 13.8 Å². The fourth-order valence-corrected chi connectivity index (χ4v) is 2.11. The number of carboxylic acids is 1. The molecule has 21 heavy (non-hydrogen) atoms. The van der Waals surface area contributed by atoms with Crippen molar-refractivity contribution in [2.75, 3.05) is 12.4 Å². The van der Waals surface area contributed by atoms with E-state index < -0.39 is 17.8 Å². The smallest absolute Gasteiger partial charge is 0.326 e. The lowest BCUT2D eigenvalue weighted by atomic mass is 10.0. The van der Waals surface area contributed by atoms with E-state index in [1.807, 2.05) is 13.8 Å². The summed E-state index contributed by atoms with van der Waals surface area (Å²) in [5.74, 6) is -1.46. The number of aromatic nitrogens is 1. The fraction of sp³-hybridized carbons (Fsp3) is 0.333. The van der Waals surface area contributed by atoms with Gasteiger partial charge in [-0.05, 0) is 18.1 Å². The maximum Gasteiger partial charge on any atom is 0.326 e. The van der Waals surface area contributed by atoms with Gasteiger partial charge < -0.3 is 15.2 Å². The summed E-state index contributed by atoms with van der Waals surface area (Å²) in [5.41, 5.74) is 1.02. The molecule has 0 aliphatic rings. The first kappa shape index (κ1) is 15.0. The number of carbonyl (C=O) groups is 1. The monoisotopic (exact) mass is 292 g/mol. The van der Waals surface area contributed by atoms with Crippen molar-refractivity contribution in [3.63, 3.8) is 0 Å². The van der Waals surface area contributed by atoms with E-state index in [0.29, 0.717) is 16.6 Å². The molecule has 0 aliphatic carbocycles. The molecule has 1 atom stereocenters. The summed E-state index contributed by atoms with van der Waals surface area (Å²) in [6, 6.07) is 3.70. The van der Waals surface area contributed by atoms with Crippen LogP contribution in [0.5, 0.6) is 5.75 Å². The quantitative estimate of drug-likeness (QED) is 0.886. The topological polar surface area (TPSA) is 71.5 Å². The van der Waals surface area contributed by atoms with Crippen LogP contribution in [0.4, 0.5) is 10.1 Å². The summed E-state index contributed by atoms with van der Waals surface area (Å²) < 4.78 is 18.7. The molecule has 1 heterocycles. The van der Waals surface area contributed by atoms with Crippen molar-refractivity contribution < 1.29 is 19.0 Å². The third-order valence-corrected chi connectivity index (χ3v) is 3.26. The highest BCUT2D eigenvalue weighted by Gasteiger charge is 2.22. The van der Waals surface area contributed by atoms with Crippen LogP contribution in [0, 0.1) is 11.7 Å². The second-order valence-corrected chi connectivity index (χ2v) is 5.07. The molecular weight excluding hydrogens is 275 g/mol. The van der Waals surface area contributed by atoms with Crippen LogP contribution in [-0.2, 0) is 4.79 Å². The van der Waals surface area contributed by atoms with Gasteiger partial charge in [-0.25, -0.2) is 9.18 Å². The highest BCUT2D eigenvalue weighted by Crippen LogP contribution is 2.29. The van der Waals surface area contributed by atoms with Crippen molar-refractivity contribution >= 4 is 22.6 Å². The lowest BCUT2D eigenvalue weighted by molar-refractivity contribution is -0.138. The van der Waals surface area contributed by atoms with Gasteiger partial charge in [0.05, 0.1) is 12.6 Å². The average Bonchev–Trinajstić information content (AvgIpc) is 2.43. The number of anilines is 1. The molecule has 5 nitrogen and oxygen atoms in total. The number of hydrogen-bond donors (Lipinski definition) is 2. The second-order valence-electron chi connectivity index (χ2n) is 5.07. The molecule has 0 radical (unpaired) electrons. The zero-order chi connectivity index (χ0) is 15.6. The molecule has 0 unspecified atom stereocenters. The number of hydrogen-bond acceptors (Lipinski definition) is 4. The van der Waals surface area contributed by atoms with Crippen LogP contribution in [0.3, 0.4) is 0 Å². The van der Waals surface area contributed by atoms with Gasteiger partial charge in [0.2, 0.25) is 0 Å². The molecule has 0 fully saturated rings. The molecule has 6 heteroatoms. The van der Waals surface area contributed by atoms with Gasteiger partial charge >= 0.3 is 5.97 Å². The first-order chi connectivity index (χ1) is 9.93. The molecule has 1 aromatic heterocycles. The molecule has 112 valence electrons. The number of nitrogens with zero attached hydrogens (tertiary/aromatic N) is 1. The predicted octanol–water partition coefficient (Wildman–Crippen LogP) is 2.90. The van der Waals surface area contributed by atoms with Crippen molar-refractivity contribution in [1.82, 2.24) is 4.98 Å². The Bertz CT molecular complexity index is 673. The van der Waals surface area contributed by atoms with Crippen LogP contribution in [0.1, 0.15) is 13.8 Å². The third-order valence-electron chi connectivity index (χ3n) is 3.26. The average molecular weight is 292 g/mol. The number of ether oxygens (including phenoxy) is 1. The second kappa shape index (κ2) is 5.95. The van der Waals surface area contributed by atoms with E-state index in [0.717, 1.165) is 0 Å². The van der Waals surface area contributed by atoms with Gasteiger partial charge in [-0.2, -0.15) is 0 Å². The number of fused-ring (bicyclic) bond motifs is 1. The van der Waals surface area contributed by atoms with Gasteiger partial charge in [0.25, 0.3) is 0 Å². The number of halogens is 1. The van der Waals surface area contributed by atoms with Crippen LogP contribution < -0.4 is 10.1 Å². The lowest BCUT2D eigenvalue weighted by Gasteiger charge is -2.20. The summed E-state index contributed by atoms with van der Waals surface area (Å²) in [6.07, 6.45) is 1.51. The Kier molecular flexibility index (Phi) is 4.26. The summed E-state index contributed by atoms with van der Waals surface area (Å²) in [7, 11) is 1.38. The fourth-order valence-electron chi connectivity index (χ4n) is 2.11. The highest BCUT2D eigenvalue weighted by atomic mass is 19.1. The van der Waals surface area contributed by atoms with Crippen LogP contribution in [-0.4, -0.2) is 29.2 Å². The van der Waals surface area contributed by atoms with Crippen molar-refractivity contribution in [1.29, 1.82) is 0 Å². The van der Waals surface area contributed by atoms with E-state index in [1.54, 1.807) is 6.07 Å². The number of benzene rings is 1. The van der Waals surface area contributed by atoms with E-state index in [9.17, 15) is 14.3 Å². The normalized spacial score (nSPS) is 12.4. The first-order valence-electron chi connectivity index (χ1n) is 6.55. The van der Waals surface area contributed by atoms with Crippen molar-refractivity contribution in [2.24, 2.45) is 5.92 Å². The zero-order valence-corrected chi connectivity index (χ0v) is 12.1. The lowest BCUT2D eigenvalue weighted by Crippen LogP contribution is -2.34. The molecular formula is C15H17FN2O3. The number of carboxylic acid groups (broad SMARTS) is 1. The minimum Gasteiger partial charge on any atom is -0.494 e. The molecule has 0 saturated heterocycles. The Morgan fingerprint density at radius 1 is 1.43 bits per heavy atom. The van der Waals surface area contributed by atoms with E-state index in [1.165, 1.54) is 25.4 Å². The van der Waals surface area contributed by atoms with E-state index in [4.69, 9.17) is 4.74 Å². The van der Waals surface area contributed by atoms with Crippen molar-refractivity contribution in [3.8, 4) is 5.75 Å². The summed E-state index contributed by atoms with van der Waals surface area (Å²) in [6.45, 7) is 3.63. The maximum atomic E-state index is 13.7. The van der Waals surface area contributed by atoms with Gasteiger partial charge in [-0.3, -0.25) is 4.98 Å². The number of nitrogens with one attached hydrogen (secondary N) is 1. The molecule has 0 saturated carbocycles. The Hall–Kier alpha value is -2.37. The SMILES string of the molecule is COc1cc2c(N[C@@H](C(=O)O)C(C)C)ccnc2cc1F. The summed E-state index contributed by atoms with van der Waals surface area (Å²) >= 11 is 0. The van der Waals surface area contributed by atoms with E-state index in [2.05, 4.69) is 10.3 Å². The molecule has 2 aromatic rings. The van der Waals surface area contributed by atoms with Gasteiger partial charge in [0, 0.05) is 23.3 Å². The van der Waals surface area contributed by atoms with Gasteiger partial charge in [0.1, 0.15) is 6.04 Å². The molecule has 1 aromatic carbocycles. The largest absolute Gasteiger partial charge is 0.494 e. The number of rotatable bonds is 5. The molecule has 0 amide bonds. The Labute approximate surface area is 121 Å². The third kappa shape index (κ3) is 3.04. The van der Waals surface area contributed by atoms with Crippen LogP contribution in [0.15, 0.2) is 24.4 Å². The van der Waals surface area contributed by atoms with Crippen molar-refractivity contribution in [2.45, 2.75) is 19.9 Å². The highest BCUT2D eigenvalue weighted by molar-refractivity contribution is 5.93. The molecule has 0 bridgehead atoms. The molecule has 0 aliphatic heterocycles. The van der Waals surface area contributed by atoms with Gasteiger partial charge in [-0.15, -0.1) is 0 Å². The van der Waals surface area contributed by atoms with E-state index in [-0.39, 0.29) is 11.7 Å². The van der Waals surface area contributed by atoms with E-state index >= 15 is 0 Å². The van der Waals surface area contributed by atoms with Crippen molar-refractivity contribution in [3.05, 3.63) is 30.2 Å². The van der Waals surface area contributed by atoms with Gasteiger partial charge in [0.15, 0.2) is 11.6 Å². The predicted molar refractivity (Wildman–Crippen MR) is 78.1 cm³/mol. The Morgan fingerprint density at radius 3 is 2.71 bits per heavy atom. The first-order valence-corrected chi connectivity index (χ1v) is 6.55. The molecule has 0 spiro atoms. The zero-order valence-electron chi connectivity index (χ0n) is 12.1. The standard InChI is InChI=1S/C15H17FN2O3/c1-8(2)14(15(19)20)18-11-4-5-17-12-7-10(16)13(21-3)6-9(11)12/h4-8,14H,1-3H3,(H,17,18)(H,19,20)/t14-/m1/s1. The Morgan fingerprint density at radius 2 is 2.14 bits per heavy atom. The van der Waals surface area contributed by atoms with Crippen LogP contribution in [0.25, 0.3) is 10.9 Å². The number of methoxy groups -OCH3 is 1. The molecule has 2 rings (SSSR count). The maximum absolute atomic E-state index is 13.7. The van der Waals surface area contributed by atoms with Crippen LogP contribution in [0.2, 0.25) is 0 Å². The Balaban J connectivity index is 2.51. The summed E-state index contributed by atoms with van der Waals surface area (Å²) in [5, 5.41) is 12.8. The van der Waals surface area contributed by atoms with Crippen LogP contribution >= 0.6 is 0 Å². The minimum atomic E-state index is -0.941. The molecule has 2 N–H and O–H groups in total.